The number of tetrazole rings is 1. The molecule has 1 amide bonds. The van der Waals surface area contributed by atoms with Crippen molar-refractivity contribution in [2.45, 2.75) is 25.7 Å². The third kappa shape index (κ3) is 4.05. The first kappa shape index (κ1) is 18.9. The van der Waals surface area contributed by atoms with Crippen LogP contribution in [0.25, 0.3) is 5.69 Å². The van der Waals surface area contributed by atoms with Crippen molar-refractivity contribution in [2.75, 3.05) is 6.54 Å². The molecule has 10 heteroatoms. The molecule has 29 heavy (non-hydrogen) atoms. The minimum atomic E-state index is -4.67. The van der Waals surface area contributed by atoms with Crippen LogP contribution in [0.2, 0.25) is 0 Å². The summed E-state index contributed by atoms with van der Waals surface area (Å²) in [6, 6.07) is 14.1. The highest BCUT2D eigenvalue weighted by atomic mass is 19.4. The van der Waals surface area contributed by atoms with Crippen molar-refractivity contribution in [2.24, 2.45) is 0 Å². The van der Waals surface area contributed by atoms with Gasteiger partial charge in [0.15, 0.2) is 0 Å². The number of hydrogen-bond acceptors (Lipinski definition) is 5. The predicted octanol–water partition coefficient (Wildman–Crippen LogP) is 3.38. The molecule has 0 bridgehead atoms. The van der Waals surface area contributed by atoms with Crippen LogP contribution in [0.15, 0.2) is 48.5 Å². The number of halogens is 3. The Morgan fingerprint density at radius 3 is 2.66 bits per heavy atom. The molecule has 4 rings (SSSR count). The molecule has 0 unspecified atom stereocenters. The Hall–Kier alpha value is -3.43. The lowest BCUT2D eigenvalue weighted by Gasteiger charge is -2.28. The van der Waals surface area contributed by atoms with Crippen molar-refractivity contribution in [3.63, 3.8) is 0 Å². The molecule has 0 radical (unpaired) electrons. The fourth-order valence-corrected chi connectivity index (χ4v) is 3.18. The summed E-state index contributed by atoms with van der Waals surface area (Å²) in [5.74, 6) is -1.20. The SMILES string of the molecule is O=C(OCc1ccccc1)N1CCc2ccc(-n3nnnc3C(F)(F)F)cc2C1. The number of hydrogen-bond donors (Lipinski definition) is 0. The van der Waals surface area contributed by atoms with E-state index in [-0.39, 0.29) is 18.8 Å². The fourth-order valence-electron chi connectivity index (χ4n) is 3.18. The Balaban J connectivity index is 1.50. The number of fused-ring (bicyclic) bond motifs is 1. The molecule has 0 saturated carbocycles. The van der Waals surface area contributed by atoms with Gasteiger partial charge in [-0.3, -0.25) is 0 Å². The van der Waals surface area contributed by atoms with E-state index in [0.29, 0.717) is 17.6 Å². The smallest absolute Gasteiger partial charge is 0.445 e. The largest absolute Gasteiger partial charge is 0.453 e. The van der Waals surface area contributed by atoms with Crippen molar-refractivity contribution < 1.29 is 22.7 Å². The van der Waals surface area contributed by atoms with E-state index in [2.05, 4.69) is 15.5 Å². The first-order chi connectivity index (χ1) is 13.9. The van der Waals surface area contributed by atoms with E-state index in [1.807, 2.05) is 30.3 Å². The zero-order valence-corrected chi connectivity index (χ0v) is 15.1. The molecule has 1 aliphatic heterocycles. The molecule has 3 aromatic rings. The molecule has 0 aliphatic carbocycles. The number of benzene rings is 2. The molecule has 2 heterocycles. The van der Waals surface area contributed by atoms with Gasteiger partial charge < -0.3 is 9.64 Å². The molecule has 7 nitrogen and oxygen atoms in total. The highest BCUT2D eigenvalue weighted by Gasteiger charge is 2.38. The van der Waals surface area contributed by atoms with Crippen LogP contribution in [0.1, 0.15) is 22.5 Å². The summed E-state index contributed by atoms with van der Waals surface area (Å²) >= 11 is 0. The summed E-state index contributed by atoms with van der Waals surface area (Å²) in [5, 5.41) is 9.65. The minimum Gasteiger partial charge on any atom is -0.445 e. The second-order valence-electron chi connectivity index (χ2n) is 6.58. The van der Waals surface area contributed by atoms with Gasteiger partial charge in [-0.15, -0.1) is 5.10 Å². The molecule has 0 saturated heterocycles. The van der Waals surface area contributed by atoms with Gasteiger partial charge in [-0.1, -0.05) is 36.4 Å². The summed E-state index contributed by atoms with van der Waals surface area (Å²) in [5.41, 5.74) is 2.75. The van der Waals surface area contributed by atoms with Crippen LogP contribution in [-0.4, -0.2) is 37.7 Å². The van der Waals surface area contributed by atoms with Crippen LogP contribution in [0, 0.1) is 0 Å². The van der Waals surface area contributed by atoms with E-state index in [1.165, 1.54) is 11.0 Å². The number of carbonyl (C=O) groups excluding carboxylic acids is 1. The van der Waals surface area contributed by atoms with E-state index in [4.69, 9.17) is 4.74 Å². The van der Waals surface area contributed by atoms with Gasteiger partial charge in [0, 0.05) is 13.1 Å². The number of nitrogens with zero attached hydrogens (tertiary/aromatic N) is 5. The summed E-state index contributed by atoms with van der Waals surface area (Å²) in [7, 11) is 0. The summed E-state index contributed by atoms with van der Waals surface area (Å²) in [4.78, 5) is 13.9. The minimum absolute atomic E-state index is 0.155. The number of alkyl halides is 3. The van der Waals surface area contributed by atoms with E-state index >= 15 is 0 Å². The van der Waals surface area contributed by atoms with Gasteiger partial charge >= 0.3 is 12.3 Å². The van der Waals surface area contributed by atoms with Crippen LogP contribution in [0.5, 0.6) is 0 Å². The second-order valence-corrected chi connectivity index (χ2v) is 6.58. The standard InChI is InChI=1S/C19H16F3N5O2/c20-19(21,22)17-23-24-25-27(17)16-7-6-14-8-9-26(11-15(14)10-16)18(28)29-12-13-4-2-1-3-5-13/h1-7,10H,8-9,11-12H2. The highest BCUT2D eigenvalue weighted by molar-refractivity contribution is 5.68. The molecular weight excluding hydrogens is 387 g/mol. The number of ether oxygens (including phenoxy) is 1. The van der Waals surface area contributed by atoms with Crippen molar-refractivity contribution >= 4 is 6.09 Å². The Bertz CT molecular complexity index is 1020. The monoisotopic (exact) mass is 403 g/mol. The molecular formula is C19H16F3N5O2. The zero-order chi connectivity index (χ0) is 20.4. The number of amides is 1. The Kier molecular flexibility index (Phi) is 4.91. The first-order valence-electron chi connectivity index (χ1n) is 8.85. The Labute approximate surface area is 163 Å². The lowest BCUT2D eigenvalue weighted by Crippen LogP contribution is -2.36. The lowest BCUT2D eigenvalue weighted by molar-refractivity contribution is -0.146. The molecule has 1 aliphatic rings. The van der Waals surface area contributed by atoms with Crippen molar-refractivity contribution in [3.05, 3.63) is 71.0 Å². The summed E-state index contributed by atoms with van der Waals surface area (Å²) in [6.45, 7) is 0.863. The molecule has 0 spiro atoms. The number of rotatable bonds is 3. The fraction of sp³-hybridized carbons (Fsp3) is 0.263. The molecule has 150 valence electrons. The van der Waals surface area contributed by atoms with Gasteiger partial charge in [-0.05, 0) is 45.7 Å². The third-order valence-corrected chi connectivity index (χ3v) is 4.63. The van der Waals surface area contributed by atoms with Gasteiger partial charge in [0.1, 0.15) is 6.61 Å². The second kappa shape index (κ2) is 7.53. The Morgan fingerprint density at radius 1 is 1.10 bits per heavy atom. The van der Waals surface area contributed by atoms with Crippen molar-refractivity contribution in [1.29, 1.82) is 0 Å². The molecule has 0 fully saturated rings. The summed E-state index contributed by atoms with van der Waals surface area (Å²) in [6.07, 6.45) is -4.56. The van der Waals surface area contributed by atoms with Gasteiger partial charge in [0.2, 0.25) is 0 Å². The van der Waals surface area contributed by atoms with Gasteiger partial charge in [0.25, 0.3) is 5.82 Å². The van der Waals surface area contributed by atoms with Crippen LogP contribution in [0.4, 0.5) is 18.0 Å². The van der Waals surface area contributed by atoms with Crippen LogP contribution in [-0.2, 0) is 30.5 Å². The lowest BCUT2D eigenvalue weighted by atomic mass is 9.99. The summed E-state index contributed by atoms with van der Waals surface area (Å²) < 4.78 is 45.2. The van der Waals surface area contributed by atoms with Gasteiger partial charge in [-0.25, -0.2) is 4.79 Å². The van der Waals surface area contributed by atoms with E-state index < -0.39 is 18.1 Å². The highest BCUT2D eigenvalue weighted by Crippen LogP contribution is 2.29. The number of aromatic nitrogens is 4. The quantitative estimate of drug-likeness (QED) is 0.671. The molecule has 2 aromatic carbocycles. The average molecular weight is 403 g/mol. The average Bonchev–Trinajstić information content (AvgIpc) is 3.22. The van der Waals surface area contributed by atoms with E-state index in [0.717, 1.165) is 16.7 Å². The maximum absolute atomic E-state index is 13.1. The topological polar surface area (TPSA) is 73.1 Å². The zero-order valence-electron chi connectivity index (χ0n) is 15.1. The normalized spacial score (nSPS) is 13.8. The molecule has 1 aromatic heterocycles. The first-order valence-corrected chi connectivity index (χ1v) is 8.85. The molecule has 0 atom stereocenters. The maximum Gasteiger partial charge on any atom is 0.453 e. The van der Waals surface area contributed by atoms with Crippen LogP contribution >= 0.6 is 0 Å². The molecule has 0 N–H and O–H groups in total. The third-order valence-electron chi connectivity index (χ3n) is 4.63. The Morgan fingerprint density at radius 2 is 1.90 bits per heavy atom. The maximum atomic E-state index is 13.1. The van der Waals surface area contributed by atoms with Gasteiger partial charge in [-0.2, -0.15) is 17.9 Å². The van der Waals surface area contributed by atoms with Crippen LogP contribution < -0.4 is 0 Å². The van der Waals surface area contributed by atoms with Crippen molar-refractivity contribution in [1.82, 2.24) is 25.1 Å². The number of carbonyl (C=O) groups is 1. The van der Waals surface area contributed by atoms with Crippen molar-refractivity contribution in [3.8, 4) is 5.69 Å². The van der Waals surface area contributed by atoms with Crippen LogP contribution in [0.3, 0.4) is 0 Å². The van der Waals surface area contributed by atoms with E-state index in [1.54, 1.807) is 12.1 Å². The van der Waals surface area contributed by atoms with Gasteiger partial charge in [0.05, 0.1) is 5.69 Å². The van der Waals surface area contributed by atoms with E-state index in [9.17, 15) is 18.0 Å². The predicted molar refractivity (Wildman–Crippen MR) is 94.9 cm³/mol.